The first-order valence-corrected chi connectivity index (χ1v) is 8.29. The summed E-state index contributed by atoms with van der Waals surface area (Å²) in [5.41, 5.74) is 2.30. The molecule has 1 aliphatic rings. The molecule has 25 heavy (non-hydrogen) atoms. The lowest BCUT2D eigenvalue weighted by Gasteiger charge is -2.32. The Kier molecular flexibility index (Phi) is 4.07. The van der Waals surface area contributed by atoms with Gasteiger partial charge >= 0.3 is 0 Å². The van der Waals surface area contributed by atoms with Crippen LogP contribution < -0.4 is 15.0 Å². The molecule has 0 unspecified atom stereocenters. The molecule has 3 aromatic rings. The van der Waals surface area contributed by atoms with Gasteiger partial charge < -0.3 is 15.0 Å². The molecule has 1 fully saturated rings. The summed E-state index contributed by atoms with van der Waals surface area (Å²) in [6, 6.07) is 12.0. The fourth-order valence-corrected chi connectivity index (χ4v) is 3.22. The molecule has 0 radical (unpaired) electrons. The molecule has 0 saturated carbocycles. The summed E-state index contributed by atoms with van der Waals surface area (Å²) < 4.78 is 6.79. The van der Waals surface area contributed by atoms with Gasteiger partial charge in [-0.2, -0.15) is 0 Å². The highest BCUT2D eigenvalue weighted by Gasteiger charge is 2.20. The zero-order valence-corrected chi connectivity index (χ0v) is 13.9. The smallest absolute Gasteiger partial charge is 0.299 e. The predicted molar refractivity (Wildman–Crippen MR) is 94.8 cm³/mol. The summed E-state index contributed by atoms with van der Waals surface area (Å²) in [5, 5.41) is 7.76. The highest BCUT2D eigenvalue weighted by molar-refractivity contribution is 5.84. The van der Waals surface area contributed by atoms with Gasteiger partial charge in [0.05, 0.1) is 16.8 Å². The average molecular weight is 337 g/mol. The first-order chi connectivity index (χ1) is 12.3. The second-order valence-electron chi connectivity index (χ2n) is 6.11. The molecule has 4 heterocycles. The minimum absolute atomic E-state index is 0.263. The molecule has 128 valence electrons. The maximum atomic E-state index is 10.9. The standard InChI is InChI=1S/C18H19N5O2/c1-13-11-22(10-8-19-13)16-7-4-5-14(20-16)17-15-6-2-3-9-23(15)21-18(17)25-12-24/h2-7,9,12-13,19H,8,10-11H2,1H3/t13-/m1/s1. The van der Waals surface area contributed by atoms with Gasteiger partial charge in [0.15, 0.2) is 0 Å². The van der Waals surface area contributed by atoms with Crippen molar-refractivity contribution in [1.29, 1.82) is 0 Å². The Morgan fingerprint density at radius 3 is 3.04 bits per heavy atom. The minimum Gasteiger partial charge on any atom is -0.407 e. The van der Waals surface area contributed by atoms with Crippen LogP contribution in [0.5, 0.6) is 5.88 Å². The Morgan fingerprint density at radius 1 is 1.28 bits per heavy atom. The van der Waals surface area contributed by atoms with E-state index in [0.717, 1.165) is 42.2 Å². The number of pyridine rings is 2. The van der Waals surface area contributed by atoms with E-state index < -0.39 is 0 Å². The van der Waals surface area contributed by atoms with E-state index in [1.165, 1.54) is 0 Å². The molecule has 1 aliphatic heterocycles. The molecule has 0 spiro atoms. The number of ether oxygens (including phenoxy) is 1. The van der Waals surface area contributed by atoms with Crippen LogP contribution in [0.3, 0.4) is 0 Å². The van der Waals surface area contributed by atoms with Crippen molar-refractivity contribution >= 4 is 17.8 Å². The van der Waals surface area contributed by atoms with Gasteiger partial charge in [-0.3, -0.25) is 4.79 Å². The number of rotatable bonds is 4. The summed E-state index contributed by atoms with van der Waals surface area (Å²) in [5.74, 6) is 1.18. The first-order valence-electron chi connectivity index (χ1n) is 8.29. The molecular weight excluding hydrogens is 318 g/mol. The van der Waals surface area contributed by atoms with Gasteiger partial charge in [-0.05, 0) is 31.2 Å². The third-order valence-corrected chi connectivity index (χ3v) is 4.35. The minimum atomic E-state index is 0.263. The fraction of sp³-hybridized carbons (Fsp3) is 0.278. The Hall–Kier alpha value is -2.93. The predicted octanol–water partition coefficient (Wildman–Crippen LogP) is 1.73. The average Bonchev–Trinajstić information content (AvgIpc) is 3.00. The molecule has 1 N–H and O–H groups in total. The summed E-state index contributed by atoms with van der Waals surface area (Å²) >= 11 is 0. The summed E-state index contributed by atoms with van der Waals surface area (Å²) in [7, 11) is 0. The molecule has 3 aromatic heterocycles. The van der Waals surface area contributed by atoms with Gasteiger partial charge in [0, 0.05) is 31.9 Å². The van der Waals surface area contributed by atoms with Crippen molar-refractivity contribution < 1.29 is 9.53 Å². The number of hydrogen-bond acceptors (Lipinski definition) is 6. The zero-order valence-electron chi connectivity index (χ0n) is 13.9. The topological polar surface area (TPSA) is 71.8 Å². The summed E-state index contributed by atoms with van der Waals surface area (Å²) in [4.78, 5) is 18.0. The van der Waals surface area contributed by atoms with E-state index in [1.54, 1.807) is 4.52 Å². The molecule has 1 saturated heterocycles. The van der Waals surface area contributed by atoms with Crippen molar-refractivity contribution in [2.45, 2.75) is 13.0 Å². The van der Waals surface area contributed by atoms with Crippen LogP contribution in [0.25, 0.3) is 16.8 Å². The van der Waals surface area contributed by atoms with E-state index >= 15 is 0 Å². The van der Waals surface area contributed by atoms with Gasteiger partial charge in [0.25, 0.3) is 12.4 Å². The molecule has 4 rings (SSSR count). The van der Waals surface area contributed by atoms with Crippen LogP contribution in [-0.4, -0.2) is 46.7 Å². The van der Waals surface area contributed by atoms with Crippen molar-refractivity contribution in [3.05, 3.63) is 42.6 Å². The van der Waals surface area contributed by atoms with Gasteiger partial charge in [-0.15, -0.1) is 5.10 Å². The number of piperazine rings is 1. The van der Waals surface area contributed by atoms with Crippen LogP contribution >= 0.6 is 0 Å². The van der Waals surface area contributed by atoms with Crippen molar-refractivity contribution in [1.82, 2.24) is 19.9 Å². The number of hydrogen-bond donors (Lipinski definition) is 1. The van der Waals surface area contributed by atoms with Crippen LogP contribution in [0.1, 0.15) is 6.92 Å². The number of nitrogens with one attached hydrogen (secondary N) is 1. The van der Waals surface area contributed by atoms with Crippen molar-refractivity contribution in [2.75, 3.05) is 24.5 Å². The Morgan fingerprint density at radius 2 is 2.20 bits per heavy atom. The number of aromatic nitrogens is 3. The van der Waals surface area contributed by atoms with E-state index in [4.69, 9.17) is 9.72 Å². The number of carbonyl (C=O) groups is 1. The third kappa shape index (κ3) is 2.94. The Labute approximate surface area is 145 Å². The molecule has 0 aromatic carbocycles. The number of fused-ring (bicyclic) bond motifs is 1. The lowest BCUT2D eigenvalue weighted by atomic mass is 10.1. The largest absolute Gasteiger partial charge is 0.407 e. The van der Waals surface area contributed by atoms with Gasteiger partial charge in [-0.25, -0.2) is 9.50 Å². The van der Waals surface area contributed by atoms with Crippen LogP contribution in [0.2, 0.25) is 0 Å². The van der Waals surface area contributed by atoms with Gasteiger partial charge in [0.2, 0.25) is 0 Å². The van der Waals surface area contributed by atoms with Gasteiger partial charge in [0.1, 0.15) is 5.82 Å². The van der Waals surface area contributed by atoms with Crippen LogP contribution in [0, 0.1) is 0 Å². The number of anilines is 1. The summed E-state index contributed by atoms with van der Waals surface area (Å²) in [6.45, 7) is 5.31. The summed E-state index contributed by atoms with van der Waals surface area (Å²) in [6.07, 6.45) is 1.82. The maximum absolute atomic E-state index is 10.9. The van der Waals surface area contributed by atoms with Gasteiger partial charge in [-0.1, -0.05) is 12.1 Å². The lowest BCUT2D eigenvalue weighted by molar-refractivity contribution is -0.120. The second kappa shape index (κ2) is 6.52. The monoisotopic (exact) mass is 337 g/mol. The van der Waals surface area contributed by atoms with E-state index in [1.807, 2.05) is 42.6 Å². The first kappa shape index (κ1) is 15.6. The van der Waals surface area contributed by atoms with Crippen LogP contribution in [0.4, 0.5) is 5.82 Å². The van der Waals surface area contributed by atoms with Crippen molar-refractivity contribution in [2.24, 2.45) is 0 Å². The normalized spacial score (nSPS) is 17.6. The fourth-order valence-electron chi connectivity index (χ4n) is 3.22. The SMILES string of the molecule is C[C@@H]1CN(c2cccc(-c3c(OC=O)nn4ccccc34)n2)CCN1. The molecular formula is C18H19N5O2. The third-order valence-electron chi connectivity index (χ3n) is 4.35. The second-order valence-corrected chi connectivity index (χ2v) is 6.11. The van der Waals surface area contributed by atoms with E-state index in [-0.39, 0.29) is 5.88 Å². The van der Waals surface area contributed by atoms with E-state index in [9.17, 15) is 4.79 Å². The Balaban J connectivity index is 1.79. The van der Waals surface area contributed by atoms with Crippen molar-refractivity contribution in [3.8, 4) is 17.1 Å². The molecule has 1 atom stereocenters. The zero-order chi connectivity index (χ0) is 17.2. The maximum Gasteiger partial charge on any atom is 0.299 e. The molecule has 7 heteroatoms. The van der Waals surface area contributed by atoms with Crippen LogP contribution in [0.15, 0.2) is 42.6 Å². The highest BCUT2D eigenvalue weighted by atomic mass is 16.5. The molecule has 0 bridgehead atoms. The molecule has 7 nitrogen and oxygen atoms in total. The van der Waals surface area contributed by atoms with E-state index in [0.29, 0.717) is 12.5 Å². The lowest BCUT2D eigenvalue weighted by Crippen LogP contribution is -2.49. The van der Waals surface area contributed by atoms with Crippen molar-refractivity contribution in [3.63, 3.8) is 0 Å². The Bertz CT molecular complexity index is 907. The quantitative estimate of drug-likeness (QED) is 0.731. The van der Waals surface area contributed by atoms with E-state index in [2.05, 4.69) is 22.2 Å². The molecule has 0 amide bonds. The molecule has 0 aliphatic carbocycles. The van der Waals surface area contributed by atoms with Crippen LogP contribution in [-0.2, 0) is 4.79 Å². The number of carbonyl (C=O) groups excluding carboxylic acids is 1. The number of nitrogens with zero attached hydrogens (tertiary/aromatic N) is 4. The highest BCUT2D eigenvalue weighted by Crippen LogP contribution is 2.33.